The van der Waals surface area contributed by atoms with Gasteiger partial charge in [-0.1, -0.05) is 42.0 Å². The number of hydrogen-bond acceptors (Lipinski definition) is 5. The van der Waals surface area contributed by atoms with E-state index in [-0.39, 0.29) is 24.6 Å². The second-order valence-electron chi connectivity index (χ2n) is 6.25. The Morgan fingerprint density at radius 2 is 1.96 bits per heavy atom. The summed E-state index contributed by atoms with van der Waals surface area (Å²) < 4.78 is 37.2. The molecule has 0 unspecified atom stereocenters. The molecule has 7 heteroatoms. The summed E-state index contributed by atoms with van der Waals surface area (Å²) in [5, 5.41) is 0. The molecule has 1 saturated heterocycles. The summed E-state index contributed by atoms with van der Waals surface area (Å²) in [5.74, 6) is 0.155. The van der Waals surface area contributed by atoms with Gasteiger partial charge in [0.1, 0.15) is 0 Å². The molecule has 0 N–H and O–H groups in total. The van der Waals surface area contributed by atoms with E-state index in [1.54, 1.807) is 36.4 Å². The van der Waals surface area contributed by atoms with Crippen LogP contribution in [-0.4, -0.2) is 31.2 Å². The third-order valence-electron chi connectivity index (χ3n) is 4.44. The molecule has 0 saturated carbocycles. The van der Waals surface area contributed by atoms with Crippen LogP contribution in [0, 0.1) is 6.92 Å². The van der Waals surface area contributed by atoms with Gasteiger partial charge in [0.25, 0.3) is 0 Å². The number of ketones is 1. The first-order valence-electron chi connectivity index (χ1n) is 7.99. The third kappa shape index (κ3) is 2.84. The second-order valence-corrected chi connectivity index (χ2v) is 7.69. The number of benzene rings is 2. The zero-order valence-corrected chi connectivity index (χ0v) is 14.4. The minimum Gasteiger partial charge on any atom is -0.370 e. The fourth-order valence-electron chi connectivity index (χ4n) is 3.27. The van der Waals surface area contributed by atoms with Gasteiger partial charge in [-0.05, 0) is 19.1 Å². The van der Waals surface area contributed by atoms with E-state index in [2.05, 4.69) is 0 Å². The Labute approximate surface area is 146 Å². The van der Waals surface area contributed by atoms with Crippen LogP contribution in [-0.2, 0) is 15.0 Å². The molecule has 0 radical (unpaired) electrons. The molecule has 2 heterocycles. The Morgan fingerprint density at radius 1 is 1.20 bits per heavy atom. The molecule has 2 atom stereocenters. The molecular formula is C18H17NO5S. The van der Waals surface area contributed by atoms with Crippen molar-refractivity contribution in [2.45, 2.75) is 25.6 Å². The molecule has 6 nitrogen and oxygen atoms in total. The lowest BCUT2D eigenvalue weighted by Crippen LogP contribution is -2.44. The van der Waals surface area contributed by atoms with Crippen molar-refractivity contribution >= 4 is 16.1 Å². The maximum atomic E-state index is 12.6. The van der Waals surface area contributed by atoms with Crippen molar-refractivity contribution in [3.05, 3.63) is 65.2 Å². The van der Waals surface area contributed by atoms with E-state index in [0.29, 0.717) is 11.1 Å². The van der Waals surface area contributed by atoms with Gasteiger partial charge >= 0.3 is 10.3 Å². The Bertz CT molecular complexity index is 926. The summed E-state index contributed by atoms with van der Waals surface area (Å²) in [6.45, 7) is 2.07. The predicted octanol–water partition coefficient (Wildman–Crippen LogP) is 2.60. The van der Waals surface area contributed by atoms with Crippen LogP contribution in [0.4, 0.5) is 0 Å². The monoisotopic (exact) mass is 359 g/mol. The lowest BCUT2D eigenvalue weighted by molar-refractivity contribution is 0.0573. The topological polar surface area (TPSA) is 72.9 Å². The average molecular weight is 359 g/mol. The zero-order valence-electron chi connectivity index (χ0n) is 13.6. The molecule has 2 aromatic rings. The van der Waals surface area contributed by atoms with Crippen molar-refractivity contribution < 1.29 is 22.1 Å². The quantitative estimate of drug-likeness (QED) is 0.788. The molecule has 0 aromatic heterocycles. The minimum atomic E-state index is -4.01. The summed E-state index contributed by atoms with van der Waals surface area (Å²) in [7, 11) is -4.01. The molecule has 0 aliphatic carbocycles. The van der Waals surface area contributed by atoms with Gasteiger partial charge in [0.2, 0.25) is 0 Å². The number of carbonyl (C=O) groups is 1. The van der Waals surface area contributed by atoms with Gasteiger partial charge in [-0.15, -0.1) is 4.31 Å². The largest absolute Gasteiger partial charge is 0.388 e. The summed E-state index contributed by atoms with van der Waals surface area (Å²) in [6, 6.07) is 13.5. The van der Waals surface area contributed by atoms with Crippen LogP contribution in [0.3, 0.4) is 0 Å². The normalized spacial score (nSPS) is 24.2. The highest BCUT2D eigenvalue weighted by Gasteiger charge is 2.49. The number of hydrogen-bond donors (Lipinski definition) is 0. The van der Waals surface area contributed by atoms with Crippen LogP contribution >= 0.6 is 0 Å². The molecule has 0 amide bonds. The molecule has 25 heavy (non-hydrogen) atoms. The highest BCUT2D eigenvalue weighted by atomic mass is 32.2. The standard InChI is InChI=1S/C18H17NO5S/c1-12-7-8-17-15(9-12)18-19(25(21,22)24-17)14(11-23-18)10-16(20)13-5-3-2-4-6-13/h2-9,14,18H,10-11H2,1H3/t14-,18+/m1/s1. The van der Waals surface area contributed by atoms with Gasteiger partial charge in [0.05, 0.1) is 12.6 Å². The molecule has 0 spiro atoms. The average Bonchev–Trinajstić information content (AvgIpc) is 3.01. The molecule has 1 fully saturated rings. The smallest absolute Gasteiger partial charge is 0.370 e. The van der Waals surface area contributed by atoms with E-state index in [4.69, 9.17) is 8.92 Å². The van der Waals surface area contributed by atoms with Crippen molar-refractivity contribution in [1.82, 2.24) is 4.31 Å². The lowest BCUT2D eigenvalue weighted by Gasteiger charge is -2.32. The fraction of sp³-hybridized carbons (Fsp3) is 0.278. The van der Waals surface area contributed by atoms with E-state index in [1.807, 2.05) is 19.1 Å². The molecule has 2 aromatic carbocycles. The van der Waals surface area contributed by atoms with Crippen LogP contribution in [0.1, 0.15) is 34.1 Å². The minimum absolute atomic E-state index is 0.0459. The van der Waals surface area contributed by atoms with E-state index in [0.717, 1.165) is 5.56 Å². The molecule has 0 bridgehead atoms. The summed E-state index contributed by atoms with van der Waals surface area (Å²) in [4.78, 5) is 12.5. The molecule has 2 aliphatic heterocycles. The Hall–Kier alpha value is -2.22. The molecule has 2 aliphatic rings. The van der Waals surface area contributed by atoms with Gasteiger partial charge in [0.15, 0.2) is 17.8 Å². The van der Waals surface area contributed by atoms with Crippen LogP contribution in [0.2, 0.25) is 0 Å². The number of carbonyl (C=O) groups excluding carboxylic acids is 1. The summed E-state index contributed by atoms with van der Waals surface area (Å²) >= 11 is 0. The van der Waals surface area contributed by atoms with E-state index in [1.165, 1.54) is 4.31 Å². The Balaban J connectivity index is 1.65. The number of fused-ring (bicyclic) bond motifs is 3. The van der Waals surface area contributed by atoms with Crippen molar-refractivity contribution in [1.29, 1.82) is 0 Å². The van der Waals surface area contributed by atoms with E-state index in [9.17, 15) is 13.2 Å². The van der Waals surface area contributed by atoms with Gasteiger partial charge in [-0.3, -0.25) is 4.79 Å². The van der Waals surface area contributed by atoms with E-state index < -0.39 is 22.6 Å². The van der Waals surface area contributed by atoms with E-state index >= 15 is 0 Å². The van der Waals surface area contributed by atoms with Crippen LogP contribution in [0.15, 0.2) is 48.5 Å². The lowest BCUT2D eigenvalue weighted by atomic mass is 10.0. The zero-order chi connectivity index (χ0) is 17.6. The maximum Gasteiger partial charge on any atom is 0.388 e. The van der Waals surface area contributed by atoms with Gasteiger partial charge < -0.3 is 8.92 Å². The van der Waals surface area contributed by atoms with Crippen LogP contribution < -0.4 is 4.18 Å². The predicted molar refractivity (Wildman–Crippen MR) is 90.4 cm³/mol. The van der Waals surface area contributed by atoms with Crippen molar-refractivity contribution in [2.75, 3.05) is 6.61 Å². The summed E-state index contributed by atoms with van der Waals surface area (Å²) in [6.07, 6.45) is -0.702. The Kier molecular flexibility index (Phi) is 3.87. The van der Waals surface area contributed by atoms with Crippen molar-refractivity contribution in [3.8, 4) is 5.75 Å². The third-order valence-corrected chi connectivity index (χ3v) is 5.84. The first-order chi connectivity index (χ1) is 12.0. The number of Topliss-reactive ketones (excluding diaryl/α,β-unsaturated/α-hetero) is 1. The number of rotatable bonds is 3. The van der Waals surface area contributed by atoms with Crippen LogP contribution in [0.25, 0.3) is 0 Å². The van der Waals surface area contributed by atoms with Gasteiger partial charge in [0, 0.05) is 17.5 Å². The molecular weight excluding hydrogens is 342 g/mol. The molecule has 130 valence electrons. The van der Waals surface area contributed by atoms with Crippen molar-refractivity contribution in [2.24, 2.45) is 0 Å². The number of nitrogens with zero attached hydrogens (tertiary/aromatic N) is 1. The van der Waals surface area contributed by atoms with Gasteiger partial charge in [-0.25, -0.2) is 0 Å². The van der Waals surface area contributed by atoms with Gasteiger partial charge in [-0.2, -0.15) is 8.42 Å². The first kappa shape index (κ1) is 16.3. The highest BCUT2D eigenvalue weighted by Crippen LogP contribution is 2.44. The number of aryl methyl sites for hydroxylation is 1. The second kappa shape index (κ2) is 5.94. The number of ether oxygens (including phenoxy) is 1. The van der Waals surface area contributed by atoms with Crippen molar-refractivity contribution in [3.63, 3.8) is 0 Å². The Morgan fingerprint density at radius 3 is 2.72 bits per heavy atom. The van der Waals surface area contributed by atoms with Crippen LogP contribution in [0.5, 0.6) is 5.75 Å². The summed E-state index contributed by atoms with van der Waals surface area (Å²) in [5.41, 5.74) is 2.20. The maximum absolute atomic E-state index is 12.6. The first-order valence-corrected chi connectivity index (χ1v) is 9.35. The SMILES string of the molecule is Cc1ccc2c(c1)[C@@H]1OC[C@@H](CC(=O)c3ccccc3)N1S(=O)(=O)O2. The highest BCUT2D eigenvalue weighted by molar-refractivity contribution is 7.84. The molecule has 4 rings (SSSR count). The fourth-order valence-corrected chi connectivity index (χ4v) is 4.64.